The normalized spacial score (nSPS) is 11.6. The fourth-order valence-corrected chi connectivity index (χ4v) is 2.42. The van der Waals surface area contributed by atoms with Crippen molar-refractivity contribution in [3.63, 3.8) is 0 Å². The van der Waals surface area contributed by atoms with E-state index < -0.39 is 0 Å². The first-order chi connectivity index (χ1) is 12.2. The molecule has 4 nitrogen and oxygen atoms in total. The molecule has 0 aliphatic heterocycles. The highest BCUT2D eigenvalue weighted by Crippen LogP contribution is 2.13. The molecule has 1 unspecified atom stereocenters. The van der Waals surface area contributed by atoms with E-state index in [1.165, 1.54) is 0 Å². The predicted molar refractivity (Wildman–Crippen MR) is 97.3 cm³/mol. The maximum atomic E-state index is 12.3. The Kier molecular flexibility index (Phi) is 5.42. The Bertz CT molecular complexity index is 802. The van der Waals surface area contributed by atoms with Crippen LogP contribution >= 0.6 is 0 Å². The Morgan fingerprint density at radius 3 is 2.40 bits per heavy atom. The van der Waals surface area contributed by atoms with E-state index in [0.717, 1.165) is 17.0 Å². The number of ether oxygens (including phenoxy) is 1. The fraction of sp³-hybridized carbons (Fsp3) is 0.143. The van der Waals surface area contributed by atoms with E-state index in [1.54, 1.807) is 6.20 Å². The standard InChI is InChI=1S/C21H20N2O2/c1-16(20-9-5-6-14-22-20)23-21(24)18-12-10-17(11-13-18)15-25-19-7-3-2-4-8-19/h2-14,16H,15H2,1H3,(H,23,24). The van der Waals surface area contributed by atoms with Crippen LogP contribution in [0.25, 0.3) is 0 Å². The summed E-state index contributed by atoms with van der Waals surface area (Å²) in [5.41, 5.74) is 2.47. The first-order valence-electron chi connectivity index (χ1n) is 8.21. The smallest absolute Gasteiger partial charge is 0.251 e. The molecule has 1 aromatic heterocycles. The van der Waals surface area contributed by atoms with Crippen LogP contribution in [0.2, 0.25) is 0 Å². The number of carbonyl (C=O) groups excluding carboxylic acids is 1. The minimum atomic E-state index is -0.144. The highest BCUT2D eigenvalue weighted by atomic mass is 16.5. The third-order valence-electron chi connectivity index (χ3n) is 3.84. The van der Waals surface area contributed by atoms with Crippen LogP contribution < -0.4 is 10.1 Å². The van der Waals surface area contributed by atoms with Crippen molar-refractivity contribution in [1.82, 2.24) is 10.3 Å². The van der Waals surface area contributed by atoms with E-state index in [9.17, 15) is 4.79 Å². The largest absolute Gasteiger partial charge is 0.489 e. The Morgan fingerprint density at radius 1 is 1.00 bits per heavy atom. The minimum Gasteiger partial charge on any atom is -0.489 e. The third-order valence-corrected chi connectivity index (χ3v) is 3.84. The molecule has 0 aliphatic rings. The number of hydrogen-bond donors (Lipinski definition) is 1. The van der Waals surface area contributed by atoms with Gasteiger partial charge in [0.05, 0.1) is 11.7 Å². The first kappa shape index (κ1) is 16.7. The molecule has 1 atom stereocenters. The van der Waals surface area contributed by atoms with E-state index in [0.29, 0.717) is 12.2 Å². The summed E-state index contributed by atoms with van der Waals surface area (Å²) in [7, 11) is 0. The number of aromatic nitrogens is 1. The van der Waals surface area contributed by atoms with Gasteiger partial charge >= 0.3 is 0 Å². The maximum Gasteiger partial charge on any atom is 0.251 e. The lowest BCUT2D eigenvalue weighted by atomic mass is 10.1. The van der Waals surface area contributed by atoms with Gasteiger partial charge in [-0.1, -0.05) is 36.4 Å². The lowest BCUT2D eigenvalue weighted by Crippen LogP contribution is -2.27. The molecule has 0 radical (unpaired) electrons. The van der Waals surface area contributed by atoms with Gasteiger partial charge in [0.25, 0.3) is 5.91 Å². The van der Waals surface area contributed by atoms with E-state index in [-0.39, 0.29) is 11.9 Å². The summed E-state index contributed by atoms with van der Waals surface area (Å²) in [6.45, 7) is 2.39. The zero-order chi connectivity index (χ0) is 17.5. The zero-order valence-corrected chi connectivity index (χ0v) is 14.1. The molecule has 126 valence electrons. The molecule has 1 heterocycles. The molecule has 1 amide bonds. The van der Waals surface area contributed by atoms with Crippen molar-refractivity contribution >= 4 is 5.91 Å². The monoisotopic (exact) mass is 332 g/mol. The van der Waals surface area contributed by atoms with Gasteiger partial charge in [-0.3, -0.25) is 9.78 Å². The van der Waals surface area contributed by atoms with Crippen LogP contribution in [-0.2, 0) is 6.61 Å². The van der Waals surface area contributed by atoms with Crippen molar-refractivity contribution in [3.8, 4) is 5.75 Å². The summed E-state index contributed by atoms with van der Waals surface area (Å²) in [6, 6.07) is 22.6. The third kappa shape index (κ3) is 4.67. The molecule has 2 aromatic carbocycles. The number of benzene rings is 2. The van der Waals surface area contributed by atoms with Crippen molar-refractivity contribution in [2.24, 2.45) is 0 Å². The molecule has 4 heteroatoms. The van der Waals surface area contributed by atoms with E-state index >= 15 is 0 Å². The molecule has 0 bridgehead atoms. The van der Waals surface area contributed by atoms with Gasteiger partial charge < -0.3 is 10.1 Å². The van der Waals surface area contributed by atoms with E-state index in [1.807, 2.05) is 79.7 Å². The van der Waals surface area contributed by atoms with Crippen molar-refractivity contribution in [2.45, 2.75) is 19.6 Å². The molecule has 0 saturated heterocycles. The molecule has 0 spiro atoms. The van der Waals surface area contributed by atoms with Crippen LogP contribution in [0.5, 0.6) is 5.75 Å². The average molecular weight is 332 g/mol. The molecule has 0 aliphatic carbocycles. The molecular weight excluding hydrogens is 312 g/mol. The molecule has 0 saturated carbocycles. The van der Waals surface area contributed by atoms with Gasteiger partial charge in [-0.15, -0.1) is 0 Å². The number of carbonyl (C=O) groups is 1. The van der Waals surface area contributed by atoms with Gasteiger partial charge in [-0.05, 0) is 48.9 Å². The molecule has 3 aromatic rings. The number of nitrogens with zero attached hydrogens (tertiary/aromatic N) is 1. The van der Waals surface area contributed by atoms with Crippen LogP contribution in [0.15, 0.2) is 79.0 Å². The second kappa shape index (κ2) is 8.11. The van der Waals surface area contributed by atoms with Gasteiger partial charge in [0.1, 0.15) is 12.4 Å². The lowest BCUT2D eigenvalue weighted by molar-refractivity contribution is 0.0939. The Morgan fingerprint density at radius 2 is 1.72 bits per heavy atom. The van der Waals surface area contributed by atoms with Gasteiger partial charge in [0, 0.05) is 11.8 Å². The van der Waals surface area contributed by atoms with Crippen LogP contribution in [0.1, 0.15) is 34.6 Å². The number of rotatable bonds is 6. The molecule has 0 fully saturated rings. The average Bonchev–Trinajstić information content (AvgIpc) is 2.68. The Balaban J connectivity index is 1.57. The fourth-order valence-electron chi connectivity index (χ4n) is 2.42. The summed E-state index contributed by atoms with van der Waals surface area (Å²) in [4.78, 5) is 16.6. The maximum absolute atomic E-state index is 12.3. The molecular formula is C21H20N2O2. The van der Waals surface area contributed by atoms with Crippen molar-refractivity contribution in [2.75, 3.05) is 0 Å². The van der Waals surface area contributed by atoms with Gasteiger partial charge in [-0.2, -0.15) is 0 Å². The summed E-state index contributed by atoms with van der Waals surface area (Å²) in [5, 5.41) is 2.96. The van der Waals surface area contributed by atoms with Crippen LogP contribution in [0.3, 0.4) is 0 Å². The van der Waals surface area contributed by atoms with Crippen LogP contribution in [0.4, 0.5) is 0 Å². The molecule has 3 rings (SSSR count). The van der Waals surface area contributed by atoms with Gasteiger partial charge in [-0.25, -0.2) is 0 Å². The molecule has 1 N–H and O–H groups in total. The number of amides is 1. The minimum absolute atomic E-state index is 0.117. The summed E-state index contributed by atoms with van der Waals surface area (Å²) in [6.07, 6.45) is 1.72. The molecule has 25 heavy (non-hydrogen) atoms. The highest BCUT2D eigenvalue weighted by Gasteiger charge is 2.12. The second-order valence-corrected chi connectivity index (χ2v) is 5.75. The Labute approximate surface area is 147 Å². The summed E-state index contributed by atoms with van der Waals surface area (Å²) < 4.78 is 5.71. The Hall–Kier alpha value is -3.14. The van der Waals surface area contributed by atoms with Crippen molar-refractivity contribution in [3.05, 3.63) is 95.8 Å². The summed E-state index contributed by atoms with van der Waals surface area (Å²) >= 11 is 0. The van der Waals surface area contributed by atoms with E-state index in [4.69, 9.17) is 4.74 Å². The second-order valence-electron chi connectivity index (χ2n) is 5.75. The van der Waals surface area contributed by atoms with Crippen LogP contribution in [-0.4, -0.2) is 10.9 Å². The summed E-state index contributed by atoms with van der Waals surface area (Å²) in [5.74, 6) is 0.710. The highest BCUT2D eigenvalue weighted by molar-refractivity contribution is 5.94. The van der Waals surface area contributed by atoms with Gasteiger partial charge in [0.15, 0.2) is 0 Å². The number of para-hydroxylation sites is 1. The number of hydrogen-bond acceptors (Lipinski definition) is 3. The topological polar surface area (TPSA) is 51.2 Å². The number of pyridine rings is 1. The quantitative estimate of drug-likeness (QED) is 0.738. The predicted octanol–water partition coefficient (Wildman–Crippen LogP) is 4.15. The lowest BCUT2D eigenvalue weighted by Gasteiger charge is -2.13. The van der Waals surface area contributed by atoms with Crippen LogP contribution in [0, 0.1) is 0 Å². The SMILES string of the molecule is CC(NC(=O)c1ccc(COc2ccccc2)cc1)c1ccccn1. The number of nitrogens with one attached hydrogen (secondary N) is 1. The van der Waals surface area contributed by atoms with E-state index in [2.05, 4.69) is 10.3 Å². The zero-order valence-electron chi connectivity index (χ0n) is 14.1. The van der Waals surface area contributed by atoms with Crippen molar-refractivity contribution < 1.29 is 9.53 Å². The van der Waals surface area contributed by atoms with Gasteiger partial charge in [0.2, 0.25) is 0 Å². The van der Waals surface area contributed by atoms with Crippen molar-refractivity contribution in [1.29, 1.82) is 0 Å². The first-order valence-corrected chi connectivity index (χ1v) is 8.21.